The lowest BCUT2D eigenvalue weighted by Crippen LogP contribution is -2.18. The van der Waals surface area contributed by atoms with E-state index in [9.17, 15) is 14.0 Å². The van der Waals surface area contributed by atoms with E-state index in [-0.39, 0.29) is 17.6 Å². The lowest BCUT2D eigenvalue weighted by atomic mass is 9.89. The van der Waals surface area contributed by atoms with Gasteiger partial charge in [0.2, 0.25) is 0 Å². The van der Waals surface area contributed by atoms with Crippen molar-refractivity contribution in [2.24, 2.45) is 5.92 Å². The number of hydrogen-bond donors (Lipinski definition) is 0. The van der Waals surface area contributed by atoms with Gasteiger partial charge in [-0.15, -0.1) is 0 Å². The molecule has 0 bridgehead atoms. The van der Waals surface area contributed by atoms with Gasteiger partial charge in [-0.05, 0) is 25.0 Å². The fraction of sp³-hybridized carbons (Fsp3) is 0.500. The molecule has 0 N–H and O–H groups in total. The first-order valence-electron chi connectivity index (χ1n) is 6.32. The van der Waals surface area contributed by atoms with Gasteiger partial charge < -0.3 is 4.74 Å². The van der Waals surface area contributed by atoms with Gasteiger partial charge in [0.05, 0.1) is 13.0 Å². The number of esters is 1. The van der Waals surface area contributed by atoms with Gasteiger partial charge in [-0.2, -0.15) is 0 Å². The highest BCUT2D eigenvalue weighted by atomic mass is 19.1. The molecule has 0 amide bonds. The summed E-state index contributed by atoms with van der Waals surface area (Å²) in [5, 5.41) is 0. The highest BCUT2D eigenvalue weighted by molar-refractivity contribution is 5.72. The van der Waals surface area contributed by atoms with Gasteiger partial charge in [0, 0.05) is 6.20 Å². The average molecular weight is 267 g/mol. The molecule has 4 nitrogen and oxygen atoms in total. The minimum absolute atomic E-state index is 0.0142. The Bertz CT molecular complexity index is 417. The molecule has 0 unspecified atom stereocenters. The van der Waals surface area contributed by atoms with E-state index >= 15 is 0 Å². The molecule has 1 aliphatic rings. The molecule has 1 heterocycles. The van der Waals surface area contributed by atoms with Crippen molar-refractivity contribution >= 4 is 12.3 Å². The fourth-order valence-electron chi connectivity index (χ4n) is 1.99. The summed E-state index contributed by atoms with van der Waals surface area (Å²) < 4.78 is 16.9. The molecule has 1 saturated carbocycles. The Morgan fingerprint density at radius 3 is 2.58 bits per heavy atom. The predicted molar refractivity (Wildman–Crippen MR) is 68.2 cm³/mol. The van der Waals surface area contributed by atoms with Crippen molar-refractivity contribution in [2.75, 3.05) is 7.11 Å². The second kappa shape index (κ2) is 8.34. The molecule has 0 saturated heterocycles. The number of ether oxygens (including phenoxy) is 1. The van der Waals surface area contributed by atoms with Crippen LogP contribution in [0.2, 0.25) is 0 Å². The Morgan fingerprint density at radius 1 is 1.42 bits per heavy atom. The molecule has 0 radical (unpaired) electrons. The largest absolute Gasteiger partial charge is 0.469 e. The summed E-state index contributed by atoms with van der Waals surface area (Å²) in [4.78, 5) is 24.3. The maximum Gasteiger partial charge on any atom is 0.308 e. The van der Waals surface area contributed by atoms with Crippen molar-refractivity contribution in [3.05, 3.63) is 29.8 Å². The zero-order valence-electron chi connectivity index (χ0n) is 11.0. The number of rotatable bonds is 2. The van der Waals surface area contributed by atoms with E-state index in [4.69, 9.17) is 0 Å². The predicted octanol–water partition coefficient (Wildman–Crippen LogP) is 2.77. The lowest BCUT2D eigenvalue weighted by Gasteiger charge is -2.18. The minimum Gasteiger partial charge on any atom is -0.469 e. The molecule has 0 spiro atoms. The van der Waals surface area contributed by atoms with E-state index in [2.05, 4.69) is 9.72 Å². The molecule has 19 heavy (non-hydrogen) atoms. The van der Waals surface area contributed by atoms with Crippen molar-refractivity contribution in [3.8, 4) is 0 Å². The Labute approximate surface area is 112 Å². The van der Waals surface area contributed by atoms with E-state index in [1.807, 2.05) is 0 Å². The van der Waals surface area contributed by atoms with Gasteiger partial charge in [0.1, 0.15) is 5.69 Å². The minimum atomic E-state index is -0.576. The second-order valence-corrected chi connectivity index (χ2v) is 4.35. The van der Waals surface area contributed by atoms with E-state index in [1.165, 1.54) is 44.7 Å². The fourth-order valence-corrected chi connectivity index (χ4v) is 1.99. The van der Waals surface area contributed by atoms with Gasteiger partial charge in [0.25, 0.3) is 0 Å². The molecule has 1 fully saturated rings. The van der Waals surface area contributed by atoms with Crippen LogP contribution in [0.15, 0.2) is 18.3 Å². The Balaban J connectivity index is 0.000000191. The number of carbonyl (C=O) groups is 2. The van der Waals surface area contributed by atoms with Crippen LogP contribution in [0.25, 0.3) is 0 Å². The Morgan fingerprint density at radius 2 is 2.11 bits per heavy atom. The zero-order valence-corrected chi connectivity index (χ0v) is 11.0. The molecule has 1 aliphatic carbocycles. The van der Waals surface area contributed by atoms with Gasteiger partial charge in [0.15, 0.2) is 12.1 Å². The number of carbonyl (C=O) groups excluding carboxylic acids is 2. The van der Waals surface area contributed by atoms with Crippen molar-refractivity contribution < 1.29 is 18.7 Å². The van der Waals surface area contributed by atoms with Crippen molar-refractivity contribution in [1.82, 2.24) is 4.98 Å². The second-order valence-electron chi connectivity index (χ2n) is 4.35. The summed E-state index contributed by atoms with van der Waals surface area (Å²) in [5.74, 6) is -0.383. The van der Waals surface area contributed by atoms with Crippen LogP contribution in [0.3, 0.4) is 0 Å². The highest BCUT2D eigenvalue weighted by Crippen LogP contribution is 2.24. The molecular formula is C14H18FNO3. The molecule has 104 valence electrons. The van der Waals surface area contributed by atoms with Crippen LogP contribution in [-0.4, -0.2) is 24.3 Å². The maximum atomic E-state index is 12.3. The first-order valence-corrected chi connectivity index (χ1v) is 6.32. The summed E-state index contributed by atoms with van der Waals surface area (Å²) in [6, 6.07) is 2.62. The summed E-state index contributed by atoms with van der Waals surface area (Å²) in [7, 11) is 1.47. The molecule has 0 atom stereocenters. The maximum absolute atomic E-state index is 12.3. The number of aromatic nitrogens is 1. The van der Waals surface area contributed by atoms with Crippen molar-refractivity contribution in [3.63, 3.8) is 0 Å². The first kappa shape index (κ1) is 15.3. The molecule has 1 aromatic rings. The smallest absolute Gasteiger partial charge is 0.308 e. The van der Waals surface area contributed by atoms with Gasteiger partial charge in [-0.25, -0.2) is 4.39 Å². The number of pyridine rings is 1. The summed E-state index contributed by atoms with van der Waals surface area (Å²) in [6.07, 6.45) is 7.49. The van der Waals surface area contributed by atoms with Crippen LogP contribution in [0.5, 0.6) is 0 Å². The lowest BCUT2D eigenvalue weighted by molar-refractivity contribution is -0.146. The van der Waals surface area contributed by atoms with Crippen LogP contribution in [0, 0.1) is 11.7 Å². The number of nitrogens with zero attached hydrogens (tertiary/aromatic N) is 1. The summed E-state index contributed by atoms with van der Waals surface area (Å²) in [6.45, 7) is 0. The quantitative estimate of drug-likeness (QED) is 0.610. The number of aldehydes is 1. The first-order chi connectivity index (χ1) is 9.19. The van der Waals surface area contributed by atoms with E-state index in [0.717, 1.165) is 12.8 Å². The van der Waals surface area contributed by atoms with Crippen LogP contribution >= 0.6 is 0 Å². The third kappa shape index (κ3) is 5.16. The monoisotopic (exact) mass is 267 g/mol. The molecule has 0 aromatic carbocycles. The highest BCUT2D eigenvalue weighted by Gasteiger charge is 2.20. The number of methoxy groups -OCH3 is 1. The topological polar surface area (TPSA) is 56.3 Å². The number of halogens is 1. The van der Waals surface area contributed by atoms with Crippen LogP contribution < -0.4 is 0 Å². The van der Waals surface area contributed by atoms with Crippen molar-refractivity contribution in [2.45, 2.75) is 32.1 Å². The number of hydrogen-bond acceptors (Lipinski definition) is 4. The SMILES string of the molecule is COC(=O)C1CCCCC1.O=Cc1ncccc1F. The Hall–Kier alpha value is -1.78. The van der Waals surface area contributed by atoms with Crippen LogP contribution in [-0.2, 0) is 9.53 Å². The molecule has 0 aliphatic heterocycles. The van der Waals surface area contributed by atoms with Crippen molar-refractivity contribution in [1.29, 1.82) is 0 Å². The third-order valence-electron chi connectivity index (χ3n) is 3.04. The molecular weight excluding hydrogens is 249 g/mol. The van der Waals surface area contributed by atoms with E-state index in [1.54, 1.807) is 0 Å². The summed E-state index contributed by atoms with van der Waals surface area (Å²) >= 11 is 0. The third-order valence-corrected chi connectivity index (χ3v) is 3.04. The zero-order chi connectivity index (χ0) is 14.1. The molecule has 1 aromatic heterocycles. The van der Waals surface area contributed by atoms with Crippen LogP contribution in [0.4, 0.5) is 4.39 Å². The standard InChI is InChI=1S/C8H14O2.C6H4FNO/c1-10-8(9)7-5-3-2-4-6-7;7-5-2-1-3-8-6(5)4-9/h7H,2-6H2,1H3;1-4H. The van der Waals surface area contributed by atoms with Gasteiger partial charge in [-0.1, -0.05) is 19.3 Å². The molecule has 2 rings (SSSR count). The normalized spacial score (nSPS) is 15.1. The van der Waals surface area contributed by atoms with Gasteiger partial charge in [-0.3, -0.25) is 14.6 Å². The Kier molecular flexibility index (Phi) is 6.71. The van der Waals surface area contributed by atoms with E-state index < -0.39 is 5.82 Å². The van der Waals surface area contributed by atoms with Crippen LogP contribution in [0.1, 0.15) is 42.6 Å². The average Bonchev–Trinajstić information content (AvgIpc) is 2.48. The van der Waals surface area contributed by atoms with Gasteiger partial charge >= 0.3 is 5.97 Å². The summed E-state index contributed by atoms with van der Waals surface area (Å²) in [5.41, 5.74) is -0.141. The van der Waals surface area contributed by atoms with E-state index in [0.29, 0.717) is 6.29 Å². The molecule has 5 heteroatoms.